The number of aromatic nitrogens is 3. The molecule has 0 unspecified atom stereocenters. The second-order valence-corrected chi connectivity index (χ2v) is 3.84. The fourth-order valence-corrected chi connectivity index (χ4v) is 1.66. The molecule has 0 atom stereocenters. The number of imidazole rings is 1. The molecule has 0 aliphatic rings. The highest BCUT2D eigenvalue weighted by Crippen LogP contribution is 2.19. The third-order valence-corrected chi connectivity index (χ3v) is 2.49. The molecule has 4 nitrogen and oxygen atoms in total. The SMILES string of the molecule is Cc1ccc(-c2cn3nc(C)oc3n2)cc1. The van der Waals surface area contributed by atoms with E-state index in [1.165, 1.54) is 5.56 Å². The van der Waals surface area contributed by atoms with Gasteiger partial charge < -0.3 is 4.42 Å². The minimum absolute atomic E-state index is 0.535. The van der Waals surface area contributed by atoms with E-state index in [1.807, 2.05) is 18.3 Å². The zero-order valence-corrected chi connectivity index (χ0v) is 9.14. The third kappa shape index (κ3) is 1.39. The topological polar surface area (TPSA) is 43.3 Å². The quantitative estimate of drug-likeness (QED) is 0.624. The van der Waals surface area contributed by atoms with Crippen LogP contribution in [-0.4, -0.2) is 14.6 Å². The first-order valence-corrected chi connectivity index (χ1v) is 5.12. The predicted molar refractivity (Wildman–Crippen MR) is 60.2 cm³/mol. The molecule has 0 bridgehead atoms. The van der Waals surface area contributed by atoms with Crippen LogP contribution in [0.25, 0.3) is 17.1 Å². The number of fused-ring (bicyclic) bond motifs is 1. The molecular formula is C12H11N3O. The molecule has 3 aromatic rings. The molecule has 1 aromatic carbocycles. The minimum atomic E-state index is 0.535. The standard InChI is InChI=1S/C12H11N3O/c1-8-3-5-10(6-4-8)11-7-15-12(13-11)16-9(2)14-15/h3-7H,1-2H3. The van der Waals surface area contributed by atoms with Crippen molar-refractivity contribution in [1.82, 2.24) is 14.6 Å². The molecule has 16 heavy (non-hydrogen) atoms. The summed E-state index contributed by atoms with van der Waals surface area (Å²) < 4.78 is 6.99. The Morgan fingerprint density at radius 2 is 1.88 bits per heavy atom. The van der Waals surface area contributed by atoms with E-state index in [9.17, 15) is 0 Å². The first kappa shape index (κ1) is 9.15. The van der Waals surface area contributed by atoms with Crippen molar-refractivity contribution in [2.24, 2.45) is 0 Å². The van der Waals surface area contributed by atoms with Crippen molar-refractivity contribution < 1.29 is 4.42 Å². The first-order valence-electron chi connectivity index (χ1n) is 5.12. The Hall–Kier alpha value is -2.10. The highest BCUT2D eigenvalue weighted by Gasteiger charge is 2.08. The van der Waals surface area contributed by atoms with Gasteiger partial charge in [-0.15, -0.1) is 5.10 Å². The molecule has 0 aliphatic heterocycles. The lowest BCUT2D eigenvalue weighted by Gasteiger charge is -1.95. The smallest absolute Gasteiger partial charge is 0.325 e. The lowest BCUT2D eigenvalue weighted by molar-refractivity contribution is 0.551. The maximum Gasteiger partial charge on any atom is 0.325 e. The van der Waals surface area contributed by atoms with Crippen LogP contribution >= 0.6 is 0 Å². The van der Waals surface area contributed by atoms with Crippen LogP contribution in [0.15, 0.2) is 34.9 Å². The van der Waals surface area contributed by atoms with Gasteiger partial charge in [0.15, 0.2) is 0 Å². The van der Waals surface area contributed by atoms with E-state index in [4.69, 9.17) is 4.42 Å². The summed E-state index contributed by atoms with van der Waals surface area (Å²) >= 11 is 0. The Labute approximate surface area is 92.5 Å². The van der Waals surface area contributed by atoms with E-state index in [-0.39, 0.29) is 0 Å². The van der Waals surface area contributed by atoms with Gasteiger partial charge in [0.2, 0.25) is 5.89 Å². The molecular weight excluding hydrogens is 202 g/mol. The zero-order chi connectivity index (χ0) is 11.1. The van der Waals surface area contributed by atoms with Gasteiger partial charge in [-0.05, 0) is 6.92 Å². The number of aryl methyl sites for hydroxylation is 2. The maximum absolute atomic E-state index is 5.33. The van der Waals surface area contributed by atoms with Gasteiger partial charge >= 0.3 is 5.84 Å². The molecule has 0 aliphatic carbocycles. The Balaban J connectivity index is 2.11. The summed E-state index contributed by atoms with van der Waals surface area (Å²) in [5.74, 6) is 1.16. The lowest BCUT2D eigenvalue weighted by Crippen LogP contribution is -1.80. The van der Waals surface area contributed by atoms with E-state index in [0.29, 0.717) is 11.7 Å². The van der Waals surface area contributed by atoms with Crippen molar-refractivity contribution in [2.45, 2.75) is 13.8 Å². The Bertz CT molecular complexity index is 602. The van der Waals surface area contributed by atoms with Gasteiger partial charge in [-0.2, -0.15) is 9.50 Å². The first-order chi connectivity index (χ1) is 7.72. The molecule has 2 heterocycles. The van der Waals surface area contributed by atoms with Gasteiger partial charge in [0.05, 0.1) is 11.9 Å². The fraction of sp³-hybridized carbons (Fsp3) is 0.167. The summed E-state index contributed by atoms with van der Waals surface area (Å²) in [4.78, 5) is 4.37. The average Bonchev–Trinajstić information content (AvgIpc) is 2.75. The molecule has 2 aromatic heterocycles. The van der Waals surface area contributed by atoms with Crippen LogP contribution in [0, 0.1) is 13.8 Å². The summed E-state index contributed by atoms with van der Waals surface area (Å²) in [7, 11) is 0. The van der Waals surface area contributed by atoms with Crippen molar-refractivity contribution >= 4 is 5.84 Å². The van der Waals surface area contributed by atoms with Crippen molar-refractivity contribution in [3.63, 3.8) is 0 Å². The molecule has 0 radical (unpaired) electrons. The van der Waals surface area contributed by atoms with Crippen LogP contribution in [0.3, 0.4) is 0 Å². The van der Waals surface area contributed by atoms with E-state index >= 15 is 0 Å². The molecule has 0 N–H and O–H groups in total. The lowest BCUT2D eigenvalue weighted by atomic mass is 10.1. The Kier molecular flexibility index (Phi) is 1.83. The van der Waals surface area contributed by atoms with Crippen LogP contribution in [0.5, 0.6) is 0 Å². The maximum atomic E-state index is 5.33. The highest BCUT2D eigenvalue weighted by molar-refractivity contribution is 5.60. The molecule has 0 spiro atoms. The van der Waals surface area contributed by atoms with Gasteiger partial charge in [-0.1, -0.05) is 29.8 Å². The highest BCUT2D eigenvalue weighted by atomic mass is 16.4. The van der Waals surface area contributed by atoms with E-state index in [0.717, 1.165) is 11.3 Å². The summed E-state index contributed by atoms with van der Waals surface area (Å²) in [6.07, 6.45) is 1.87. The summed E-state index contributed by atoms with van der Waals surface area (Å²) in [5.41, 5.74) is 3.19. The third-order valence-electron chi connectivity index (χ3n) is 2.49. The minimum Gasteiger partial charge on any atom is -0.408 e. The second-order valence-electron chi connectivity index (χ2n) is 3.84. The molecule has 0 fully saturated rings. The Morgan fingerprint density at radius 1 is 1.12 bits per heavy atom. The molecule has 0 saturated heterocycles. The summed E-state index contributed by atoms with van der Waals surface area (Å²) in [6.45, 7) is 3.87. The van der Waals surface area contributed by atoms with Crippen LogP contribution in [-0.2, 0) is 0 Å². The second kappa shape index (κ2) is 3.20. The van der Waals surface area contributed by atoms with Gasteiger partial charge in [-0.3, -0.25) is 0 Å². The zero-order valence-electron chi connectivity index (χ0n) is 9.14. The van der Waals surface area contributed by atoms with Crippen LogP contribution in [0.1, 0.15) is 11.5 Å². The monoisotopic (exact) mass is 213 g/mol. The molecule has 80 valence electrons. The number of nitrogens with zero attached hydrogens (tertiary/aromatic N) is 3. The fourth-order valence-electron chi connectivity index (χ4n) is 1.66. The van der Waals surface area contributed by atoms with Gasteiger partial charge in [0, 0.05) is 12.5 Å². The predicted octanol–water partition coefficient (Wildman–Crippen LogP) is 2.61. The van der Waals surface area contributed by atoms with Crippen molar-refractivity contribution in [3.8, 4) is 11.3 Å². The van der Waals surface area contributed by atoms with E-state index in [2.05, 4.69) is 29.1 Å². The molecule has 0 saturated carbocycles. The van der Waals surface area contributed by atoms with Crippen LogP contribution in [0.2, 0.25) is 0 Å². The summed E-state index contributed by atoms with van der Waals surface area (Å²) in [5, 5.41) is 4.16. The van der Waals surface area contributed by atoms with Gasteiger partial charge in [0.1, 0.15) is 0 Å². The van der Waals surface area contributed by atoms with Crippen LogP contribution < -0.4 is 0 Å². The molecule has 3 rings (SSSR count). The van der Waals surface area contributed by atoms with Crippen molar-refractivity contribution in [2.75, 3.05) is 0 Å². The number of hydrogen-bond donors (Lipinski definition) is 0. The number of hydrogen-bond acceptors (Lipinski definition) is 3. The normalized spacial score (nSPS) is 11.1. The van der Waals surface area contributed by atoms with Gasteiger partial charge in [0.25, 0.3) is 0 Å². The summed E-state index contributed by atoms with van der Waals surface area (Å²) in [6, 6.07) is 8.22. The molecule has 4 heteroatoms. The number of rotatable bonds is 1. The largest absolute Gasteiger partial charge is 0.408 e. The van der Waals surface area contributed by atoms with Crippen molar-refractivity contribution in [1.29, 1.82) is 0 Å². The Morgan fingerprint density at radius 3 is 2.56 bits per heavy atom. The molecule has 0 amide bonds. The van der Waals surface area contributed by atoms with Crippen molar-refractivity contribution in [3.05, 3.63) is 41.9 Å². The van der Waals surface area contributed by atoms with E-state index < -0.39 is 0 Å². The van der Waals surface area contributed by atoms with Crippen LogP contribution in [0.4, 0.5) is 0 Å². The van der Waals surface area contributed by atoms with E-state index in [1.54, 1.807) is 11.4 Å². The number of benzene rings is 1. The average molecular weight is 213 g/mol. The van der Waals surface area contributed by atoms with Gasteiger partial charge in [-0.25, -0.2) is 0 Å².